The second-order valence-electron chi connectivity index (χ2n) is 19.3. The van der Waals surface area contributed by atoms with Crippen LogP contribution in [0.15, 0.2) is 48.6 Å². The van der Waals surface area contributed by atoms with Gasteiger partial charge < -0.3 is 20.3 Å². The number of hydrogen-bond donors (Lipinski definition) is 3. The fourth-order valence-electron chi connectivity index (χ4n) is 8.55. The van der Waals surface area contributed by atoms with Gasteiger partial charge in [-0.2, -0.15) is 0 Å². The van der Waals surface area contributed by atoms with Crippen LogP contribution in [0.1, 0.15) is 290 Å². The van der Waals surface area contributed by atoms with Crippen LogP contribution in [0.2, 0.25) is 0 Å². The Kier molecular flexibility index (Phi) is 51.0. The van der Waals surface area contributed by atoms with Crippen molar-refractivity contribution in [2.75, 3.05) is 6.61 Å². The van der Waals surface area contributed by atoms with Crippen molar-refractivity contribution in [1.29, 1.82) is 0 Å². The monoisotopic (exact) mass is 912 g/mol. The fraction of sp³-hybridized carbons (Fsp3) is 0.831. The van der Waals surface area contributed by atoms with E-state index in [9.17, 15) is 19.8 Å². The van der Waals surface area contributed by atoms with Crippen LogP contribution >= 0.6 is 0 Å². The maximum Gasteiger partial charge on any atom is 0.306 e. The molecule has 0 bridgehead atoms. The molecular weight excluding hydrogens is 803 g/mol. The Hall–Kier alpha value is -2.18. The summed E-state index contributed by atoms with van der Waals surface area (Å²) in [6, 6.07) is -0.705. The molecule has 3 unspecified atom stereocenters. The van der Waals surface area contributed by atoms with Gasteiger partial charge in [0.25, 0.3) is 0 Å². The molecule has 0 aromatic carbocycles. The molecule has 0 saturated heterocycles. The van der Waals surface area contributed by atoms with Crippen molar-refractivity contribution in [3.8, 4) is 0 Å². The molecule has 0 aliphatic heterocycles. The van der Waals surface area contributed by atoms with Crippen LogP contribution < -0.4 is 5.32 Å². The van der Waals surface area contributed by atoms with E-state index in [0.717, 1.165) is 77.0 Å². The number of unbranched alkanes of at least 4 members (excludes halogenated alkanes) is 31. The number of esters is 1. The number of nitrogens with one attached hydrogen (secondary N) is 1. The van der Waals surface area contributed by atoms with E-state index in [4.69, 9.17) is 4.74 Å². The van der Waals surface area contributed by atoms with Gasteiger partial charge in [-0.25, -0.2) is 0 Å². The minimum Gasteiger partial charge on any atom is -0.462 e. The first-order valence-electron chi connectivity index (χ1n) is 28.4. The smallest absolute Gasteiger partial charge is 0.306 e. The highest BCUT2D eigenvalue weighted by atomic mass is 16.5. The van der Waals surface area contributed by atoms with Crippen molar-refractivity contribution in [1.82, 2.24) is 5.32 Å². The van der Waals surface area contributed by atoms with E-state index < -0.39 is 18.2 Å². The number of aliphatic hydroxyl groups is 2. The van der Waals surface area contributed by atoms with E-state index in [1.165, 1.54) is 167 Å². The standard InChI is InChI=1S/C59H109NO5/c1-4-7-10-13-16-19-22-24-26-28-29-31-33-35-37-40-43-46-49-52-59(64)65-55(50-47-44-41-38-36-34-32-30-27-25-23-20-17-14-11-8-5-2)53-58(63)60-56(54-61)57(62)51-48-45-42-39-21-18-15-12-9-6-3/h16,19,24-27,29,31,55-57,61-62H,4-15,17-18,20-23,28,30,32-54H2,1-3H3,(H,60,63)/b19-16-,26-24-,27-25+,31-29-. The average Bonchev–Trinajstić information content (AvgIpc) is 3.30. The van der Waals surface area contributed by atoms with Crippen LogP contribution in [0.4, 0.5) is 0 Å². The molecule has 0 aliphatic carbocycles. The number of rotatable bonds is 51. The Bertz CT molecular complexity index is 1110. The third-order valence-electron chi connectivity index (χ3n) is 12.9. The number of carbonyl (C=O) groups is 2. The number of carbonyl (C=O) groups excluding carboxylic acids is 2. The molecule has 6 nitrogen and oxygen atoms in total. The number of ether oxygens (including phenoxy) is 1. The summed E-state index contributed by atoms with van der Waals surface area (Å²) < 4.78 is 5.95. The Balaban J connectivity index is 4.57. The molecule has 3 atom stereocenters. The topological polar surface area (TPSA) is 95.9 Å². The highest BCUT2D eigenvalue weighted by Crippen LogP contribution is 2.18. The van der Waals surface area contributed by atoms with Crippen molar-refractivity contribution in [3.63, 3.8) is 0 Å². The first-order valence-corrected chi connectivity index (χ1v) is 28.4. The van der Waals surface area contributed by atoms with Gasteiger partial charge in [0.15, 0.2) is 0 Å². The maximum atomic E-state index is 13.2. The second kappa shape index (κ2) is 52.8. The van der Waals surface area contributed by atoms with Crippen LogP contribution in [-0.4, -0.2) is 46.9 Å². The third kappa shape index (κ3) is 48.1. The molecule has 0 aromatic rings. The fourth-order valence-corrected chi connectivity index (χ4v) is 8.55. The molecule has 0 aliphatic rings. The van der Waals surface area contributed by atoms with E-state index in [-0.39, 0.29) is 24.9 Å². The van der Waals surface area contributed by atoms with Gasteiger partial charge in [-0.05, 0) is 89.9 Å². The number of hydrogen-bond acceptors (Lipinski definition) is 5. The molecule has 0 spiro atoms. The summed E-state index contributed by atoms with van der Waals surface area (Å²) in [5, 5.41) is 23.8. The van der Waals surface area contributed by atoms with Crippen LogP contribution in [0.5, 0.6) is 0 Å². The van der Waals surface area contributed by atoms with E-state index >= 15 is 0 Å². The lowest BCUT2D eigenvalue weighted by Gasteiger charge is -2.24. The summed E-state index contributed by atoms with van der Waals surface area (Å²) in [4.78, 5) is 26.2. The largest absolute Gasteiger partial charge is 0.462 e. The number of allylic oxidation sites excluding steroid dienone is 8. The lowest BCUT2D eigenvalue weighted by molar-refractivity contribution is -0.151. The van der Waals surface area contributed by atoms with E-state index in [1.807, 2.05) is 0 Å². The molecule has 0 rings (SSSR count). The van der Waals surface area contributed by atoms with Crippen molar-refractivity contribution >= 4 is 11.9 Å². The van der Waals surface area contributed by atoms with Crippen molar-refractivity contribution in [2.45, 2.75) is 309 Å². The van der Waals surface area contributed by atoms with Crippen LogP contribution in [0, 0.1) is 0 Å². The molecule has 0 aromatic heterocycles. The van der Waals surface area contributed by atoms with Gasteiger partial charge >= 0.3 is 5.97 Å². The minimum absolute atomic E-state index is 0.0703. The summed E-state index contributed by atoms with van der Waals surface area (Å²) in [6.07, 6.45) is 64.6. The van der Waals surface area contributed by atoms with E-state index in [1.54, 1.807) is 0 Å². The zero-order chi connectivity index (χ0) is 47.4. The lowest BCUT2D eigenvalue weighted by atomic mass is 10.0. The van der Waals surface area contributed by atoms with Gasteiger partial charge in [-0.3, -0.25) is 9.59 Å². The van der Waals surface area contributed by atoms with Gasteiger partial charge in [0.05, 0.1) is 25.2 Å². The first kappa shape index (κ1) is 62.8. The summed E-state index contributed by atoms with van der Waals surface area (Å²) in [5.74, 6) is -0.483. The summed E-state index contributed by atoms with van der Waals surface area (Å²) >= 11 is 0. The Morgan fingerprint density at radius 1 is 0.446 bits per heavy atom. The normalized spacial score (nSPS) is 13.5. The minimum atomic E-state index is -0.790. The molecule has 380 valence electrons. The van der Waals surface area contributed by atoms with Gasteiger partial charge in [0.2, 0.25) is 5.91 Å². The predicted octanol–water partition coefficient (Wildman–Crippen LogP) is 17.4. The molecule has 0 radical (unpaired) electrons. The summed E-state index contributed by atoms with van der Waals surface area (Å²) in [6.45, 7) is 6.46. The number of amides is 1. The SMILES string of the molecule is CCCCC/C=C\C/C=C\C/C=C\CCCCCCCCC(=O)OC(CCCCCCCCC/C=C/CCCCCCCC)CC(=O)NC(CO)C(O)CCCCCCCCCCCC. The first-order chi connectivity index (χ1) is 32.0. The Morgan fingerprint density at radius 2 is 0.785 bits per heavy atom. The van der Waals surface area contributed by atoms with Gasteiger partial charge in [-0.1, -0.05) is 236 Å². The zero-order valence-corrected chi connectivity index (χ0v) is 43.4. The van der Waals surface area contributed by atoms with Crippen LogP contribution in [-0.2, 0) is 14.3 Å². The van der Waals surface area contributed by atoms with Crippen molar-refractivity contribution in [3.05, 3.63) is 48.6 Å². The summed E-state index contributed by atoms with van der Waals surface area (Å²) in [7, 11) is 0. The molecule has 6 heteroatoms. The highest BCUT2D eigenvalue weighted by molar-refractivity contribution is 5.77. The van der Waals surface area contributed by atoms with Gasteiger partial charge in [0, 0.05) is 6.42 Å². The molecule has 0 fully saturated rings. The van der Waals surface area contributed by atoms with E-state index in [2.05, 4.69) is 74.7 Å². The molecule has 1 amide bonds. The molecule has 0 heterocycles. The molecule has 0 saturated carbocycles. The Labute approximate surface area is 404 Å². The predicted molar refractivity (Wildman–Crippen MR) is 282 cm³/mol. The molecule has 65 heavy (non-hydrogen) atoms. The lowest BCUT2D eigenvalue weighted by Crippen LogP contribution is -2.46. The second-order valence-corrected chi connectivity index (χ2v) is 19.3. The van der Waals surface area contributed by atoms with Gasteiger partial charge in [0.1, 0.15) is 6.10 Å². The zero-order valence-electron chi connectivity index (χ0n) is 43.4. The molecule has 3 N–H and O–H groups in total. The van der Waals surface area contributed by atoms with Crippen molar-refractivity contribution in [2.24, 2.45) is 0 Å². The molecular formula is C59H109NO5. The quantitative estimate of drug-likeness (QED) is 0.0321. The van der Waals surface area contributed by atoms with E-state index in [0.29, 0.717) is 19.3 Å². The maximum absolute atomic E-state index is 13.2. The Morgan fingerprint density at radius 3 is 1.23 bits per heavy atom. The van der Waals surface area contributed by atoms with Crippen LogP contribution in [0.3, 0.4) is 0 Å². The average molecular weight is 913 g/mol. The number of aliphatic hydroxyl groups excluding tert-OH is 2. The van der Waals surface area contributed by atoms with Crippen LogP contribution in [0.25, 0.3) is 0 Å². The summed E-state index contributed by atoms with van der Waals surface area (Å²) in [5.41, 5.74) is 0. The van der Waals surface area contributed by atoms with Crippen molar-refractivity contribution < 1.29 is 24.5 Å². The van der Waals surface area contributed by atoms with Gasteiger partial charge in [-0.15, -0.1) is 0 Å². The highest BCUT2D eigenvalue weighted by Gasteiger charge is 2.24. The third-order valence-corrected chi connectivity index (χ3v) is 12.9.